The molecule has 0 atom stereocenters. The number of sulfone groups is 2. The summed E-state index contributed by atoms with van der Waals surface area (Å²) < 4.78 is 50.2. The van der Waals surface area contributed by atoms with Gasteiger partial charge in [0.05, 0.1) is 16.0 Å². The van der Waals surface area contributed by atoms with Crippen LogP contribution in [0.5, 0.6) is 0 Å². The van der Waals surface area contributed by atoms with Crippen molar-refractivity contribution < 1.29 is 16.8 Å². The van der Waals surface area contributed by atoms with Crippen molar-refractivity contribution in [2.45, 2.75) is 20.5 Å². The van der Waals surface area contributed by atoms with Crippen LogP contribution in [0.3, 0.4) is 0 Å². The Bertz CT molecular complexity index is 1150. The third kappa shape index (κ3) is 3.56. The molecule has 9 heteroatoms. The summed E-state index contributed by atoms with van der Waals surface area (Å²) in [5, 5.41) is 0.490. The number of nitrogens with two attached hydrogens (primary N) is 1. The molecule has 136 valence electrons. The van der Waals surface area contributed by atoms with Gasteiger partial charge in [-0.1, -0.05) is 36.4 Å². The number of benzene rings is 2. The summed E-state index contributed by atoms with van der Waals surface area (Å²) in [5.74, 6) is 0. The number of thiazole rings is 1. The first kappa shape index (κ1) is 18.7. The lowest BCUT2D eigenvalue weighted by Gasteiger charge is -2.11. The van der Waals surface area contributed by atoms with Gasteiger partial charge in [0, 0.05) is 18.4 Å². The van der Waals surface area contributed by atoms with Crippen LogP contribution in [0, 0.1) is 0 Å². The van der Waals surface area contributed by atoms with E-state index in [-0.39, 0.29) is 20.5 Å². The smallest absolute Gasteiger partial charge is 0.218 e. The maximum absolute atomic E-state index is 13.2. The van der Waals surface area contributed by atoms with Crippen LogP contribution in [0.15, 0.2) is 68.7 Å². The van der Waals surface area contributed by atoms with E-state index in [4.69, 9.17) is 5.73 Å². The minimum atomic E-state index is -3.95. The number of nitrogens with zero attached hydrogens (tertiary/aromatic N) is 1. The van der Waals surface area contributed by atoms with Gasteiger partial charge in [-0.05, 0) is 17.7 Å². The maximum Gasteiger partial charge on any atom is 0.218 e. The van der Waals surface area contributed by atoms with E-state index in [0.717, 1.165) is 17.6 Å². The van der Waals surface area contributed by atoms with Gasteiger partial charge < -0.3 is 5.73 Å². The second kappa shape index (κ2) is 6.92. The largest absolute Gasteiger partial charge is 0.325 e. The third-order valence-corrected chi connectivity index (χ3v) is 8.11. The van der Waals surface area contributed by atoms with Gasteiger partial charge in [0.25, 0.3) is 0 Å². The number of rotatable bonds is 5. The molecule has 0 amide bonds. The Kier molecular flexibility index (Phi) is 4.98. The number of hydrogen-bond acceptors (Lipinski definition) is 7. The Morgan fingerprint density at radius 2 is 1.73 bits per heavy atom. The molecule has 2 aromatic carbocycles. The quantitative estimate of drug-likeness (QED) is 0.695. The Hall–Kier alpha value is -2.07. The van der Waals surface area contributed by atoms with Crippen molar-refractivity contribution in [1.29, 1.82) is 0 Å². The van der Waals surface area contributed by atoms with Crippen molar-refractivity contribution in [1.82, 2.24) is 4.98 Å². The molecule has 0 bridgehead atoms. The Balaban J connectivity index is 2.29. The molecular weight excluding hydrogens is 392 g/mol. The standard InChI is InChI=1S/C17H16N2O4S3/c1-25(20,21)13-7-8-14(12-5-3-2-4-6-12)15(9-13)26(22,23)17-11-19-16(10-18)24-17/h2-9,11H,10,18H2,1H3. The van der Waals surface area contributed by atoms with Crippen molar-refractivity contribution >= 4 is 31.0 Å². The average molecular weight is 409 g/mol. The van der Waals surface area contributed by atoms with Gasteiger partial charge in [0.2, 0.25) is 9.84 Å². The van der Waals surface area contributed by atoms with Gasteiger partial charge in [-0.15, -0.1) is 11.3 Å². The van der Waals surface area contributed by atoms with E-state index in [1.54, 1.807) is 24.3 Å². The molecule has 1 aromatic heterocycles. The number of hydrogen-bond donors (Lipinski definition) is 1. The highest BCUT2D eigenvalue weighted by Crippen LogP contribution is 2.35. The normalized spacial score (nSPS) is 12.2. The van der Waals surface area contributed by atoms with Crippen LogP contribution in [-0.2, 0) is 26.2 Å². The first-order chi connectivity index (χ1) is 12.2. The van der Waals surface area contributed by atoms with E-state index >= 15 is 0 Å². The fraction of sp³-hybridized carbons (Fsp3) is 0.118. The van der Waals surface area contributed by atoms with Crippen LogP contribution in [0.25, 0.3) is 11.1 Å². The van der Waals surface area contributed by atoms with Crippen LogP contribution < -0.4 is 5.73 Å². The second-order valence-corrected chi connectivity index (χ2v) is 10.9. The highest BCUT2D eigenvalue weighted by molar-refractivity contribution is 7.93. The summed E-state index contributed by atoms with van der Waals surface area (Å²) in [6.07, 6.45) is 2.30. The monoisotopic (exact) mass is 408 g/mol. The van der Waals surface area contributed by atoms with Crippen molar-refractivity contribution in [3.8, 4) is 11.1 Å². The molecule has 0 radical (unpaired) electrons. The fourth-order valence-corrected chi connectivity index (χ4v) is 5.84. The lowest BCUT2D eigenvalue weighted by atomic mass is 10.1. The second-order valence-electron chi connectivity index (χ2n) is 5.58. The van der Waals surface area contributed by atoms with Crippen molar-refractivity contribution in [3.63, 3.8) is 0 Å². The van der Waals surface area contributed by atoms with Gasteiger partial charge in [0.1, 0.15) is 9.22 Å². The first-order valence-corrected chi connectivity index (χ1v) is 11.7. The molecule has 0 spiro atoms. The van der Waals surface area contributed by atoms with Gasteiger partial charge in [-0.2, -0.15) is 0 Å². The Labute approximate surface area is 156 Å². The lowest BCUT2D eigenvalue weighted by molar-refractivity contribution is 0.597. The van der Waals surface area contributed by atoms with E-state index in [1.807, 2.05) is 6.07 Å². The molecule has 0 aliphatic heterocycles. The molecule has 26 heavy (non-hydrogen) atoms. The molecule has 0 aliphatic carbocycles. The SMILES string of the molecule is CS(=O)(=O)c1ccc(-c2ccccc2)c(S(=O)(=O)c2cnc(CN)s2)c1. The topological polar surface area (TPSA) is 107 Å². The molecule has 0 saturated heterocycles. The fourth-order valence-electron chi connectivity index (χ4n) is 2.43. The average Bonchev–Trinajstić information content (AvgIpc) is 3.11. The number of aromatic nitrogens is 1. The van der Waals surface area contributed by atoms with Gasteiger partial charge >= 0.3 is 0 Å². The van der Waals surface area contributed by atoms with Gasteiger partial charge in [-0.3, -0.25) is 0 Å². The van der Waals surface area contributed by atoms with Crippen molar-refractivity contribution in [3.05, 3.63) is 59.7 Å². The molecule has 0 unspecified atom stereocenters. The minimum Gasteiger partial charge on any atom is -0.325 e. The van der Waals surface area contributed by atoms with Crippen molar-refractivity contribution in [2.75, 3.05) is 6.26 Å². The summed E-state index contributed by atoms with van der Waals surface area (Å²) in [6, 6.07) is 13.1. The van der Waals surface area contributed by atoms with Gasteiger partial charge in [0.15, 0.2) is 9.84 Å². The van der Waals surface area contributed by atoms with E-state index < -0.39 is 19.7 Å². The van der Waals surface area contributed by atoms with Crippen LogP contribution in [0.1, 0.15) is 5.01 Å². The van der Waals surface area contributed by atoms with E-state index in [2.05, 4.69) is 4.98 Å². The maximum atomic E-state index is 13.2. The molecular formula is C17H16N2O4S3. The predicted octanol–water partition coefficient (Wildman–Crippen LogP) is 2.51. The van der Waals surface area contributed by atoms with Crippen LogP contribution in [0.4, 0.5) is 0 Å². The van der Waals surface area contributed by atoms with Crippen LogP contribution in [0.2, 0.25) is 0 Å². The van der Waals surface area contributed by atoms with Gasteiger partial charge in [-0.25, -0.2) is 21.8 Å². The lowest BCUT2D eigenvalue weighted by Crippen LogP contribution is -2.05. The van der Waals surface area contributed by atoms with E-state index in [9.17, 15) is 16.8 Å². The summed E-state index contributed by atoms with van der Waals surface area (Å²) in [6.45, 7) is 0.134. The minimum absolute atomic E-state index is 0.0285. The molecule has 1 heterocycles. The zero-order valence-corrected chi connectivity index (χ0v) is 16.2. The van der Waals surface area contributed by atoms with E-state index in [0.29, 0.717) is 16.1 Å². The molecule has 0 aliphatic rings. The molecule has 3 rings (SSSR count). The highest BCUT2D eigenvalue weighted by atomic mass is 32.2. The highest BCUT2D eigenvalue weighted by Gasteiger charge is 2.26. The van der Waals surface area contributed by atoms with Crippen LogP contribution >= 0.6 is 11.3 Å². The summed E-state index contributed by atoms with van der Waals surface area (Å²) in [7, 11) is -7.52. The van der Waals surface area contributed by atoms with E-state index in [1.165, 1.54) is 24.4 Å². The molecule has 0 saturated carbocycles. The molecule has 3 aromatic rings. The van der Waals surface area contributed by atoms with Crippen LogP contribution in [-0.4, -0.2) is 28.1 Å². The molecule has 2 N–H and O–H groups in total. The molecule has 0 fully saturated rings. The zero-order chi connectivity index (χ0) is 18.9. The summed E-state index contributed by atoms with van der Waals surface area (Å²) in [5.41, 5.74) is 6.63. The Morgan fingerprint density at radius 1 is 1.04 bits per heavy atom. The first-order valence-electron chi connectivity index (χ1n) is 7.53. The predicted molar refractivity (Wildman–Crippen MR) is 100 cm³/mol. The summed E-state index contributed by atoms with van der Waals surface area (Å²) >= 11 is 0.978. The molecule has 6 nitrogen and oxygen atoms in total. The summed E-state index contributed by atoms with van der Waals surface area (Å²) in [4.78, 5) is 3.87. The zero-order valence-electron chi connectivity index (χ0n) is 13.8. The van der Waals surface area contributed by atoms with Crippen molar-refractivity contribution in [2.24, 2.45) is 5.73 Å². The Morgan fingerprint density at radius 3 is 2.31 bits per heavy atom. The third-order valence-electron chi connectivity index (χ3n) is 3.73.